The van der Waals surface area contributed by atoms with Crippen LogP contribution in [0.2, 0.25) is 0 Å². The summed E-state index contributed by atoms with van der Waals surface area (Å²) < 4.78 is 6.54. The van der Waals surface area contributed by atoms with Gasteiger partial charge in [0, 0.05) is 27.7 Å². The summed E-state index contributed by atoms with van der Waals surface area (Å²) in [5, 5.41) is 12.4. The fourth-order valence-corrected chi connectivity index (χ4v) is 7.76. The van der Waals surface area contributed by atoms with Gasteiger partial charge >= 0.3 is 0 Å². The highest BCUT2D eigenvalue weighted by molar-refractivity contribution is 5.98. The first-order chi connectivity index (χ1) is 21.6. The lowest BCUT2D eigenvalue weighted by Crippen LogP contribution is -2.28. The van der Waals surface area contributed by atoms with Crippen LogP contribution in [0.3, 0.4) is 0 Å². The van der Waals surface area contributed by atoms with Gasteiger partial charge in [-0.3, -0.25) is 0 Å². The molecule has 0 bridgehead atoms. The number of allylic oxidation sites excluding steroid dienone is 1. The number of aromatic nitrogens is 1. The molecule has 1 aromatic heterocycles. The van der Waals surface area contributed by atoms with Crippen LogP contribution in [0.5, 0.6) is 11.5 Å². The minimum absolute atomic E-state index is 0.338. The first-order valence-corrected chi connectivity index (χ1v) is 15.3. The van der Waals surface area contributed by atoms with Crippen LogP contribution >= 0.6 is 0 Å². The van der Waals surface area contributed by atoms with Crippen molar-refractivity contribution in [3.05, 3.63) is 143 Å². The predicted octanol–water partition coefficient (Wildman–Crippen LogP) is 10.0. The second-order valence-electron chi connectivity index (χ2n) is 12.4. The Hall–Kier alpha value is -5.46. The van der Waals surface area contributed by atoms with Gasteiger partial charge in [-0.05, 0) is 100 Å². The summed E-state index contributed by atoms with van der Waals surface area (Å²) in [7, 11) is 0. The number of rotatable bonds is 2. The molecule has 2 heterocycles. The van der Waals surface area contributed by atoms with E-state index >= 15 is 0 Å². The molecule has 44 heavy (non-hydrogen) atoms. The monoisotopic (exact) mass is 564 g/mol. The summed E-state index contributed by atoms with van der Waals surface area (Å²) >= 11 is 0. The van der Waals surface area contributed by atoms with Gasteiger partial charge in [-0.2, -0.15) is 5.26 Å². The molecule has 3 aliphatic rings. The SMILES string of the molecule is CC12CCc3c(-c4ccccc4)cc(-c4cc5c6c(cccc6c4)CC=C5)nc3-c3cccc(c31)Oc1ccc(C#N)cc12. The van der Waals surface area contributed by atoms with Crippen molar-refractivity contribution in [3.63, 3.8) is 0 Å². The topological polar surface area (TPSA) is 45.9 Å². The molecule has 1 atom stereocenters. The number of hydrogen-bond donors (Lipinski definition) is 0. The molecule has 1 aliphatic heterocycles. The Balaban J connectivity index is 1.33. The van der Waals surface area contributed by atoms with Crippen molar-refractivity contribution in [2.24, 2.45) is 0 Å². The molecular formula is C41H28N2O. The average Bonchev–Trinajstić information content (AvgIpc) is 3.20. The maximum atomic E-state index is 9.76. The molecule has 0 fully saturated rings. The number of nitriles is 1. The standard InChI is InChI=1S/C41H28N2O/c1-41-19-18-31-33(26-8-3-2-4-9-26)23-35(30-21-28-12-5-10-27-11-6-13-29(22-30)38(27)28)43-40(31)32-14-7-15-37(39(32)41)44-36-17-16-25(24-42)20-34(36)41/h2-10,12-17,20-23H,11,18-19H2,1H3. The highest BCUT2D eigenvalue weighted by Gasteiger charge is 2.43. The fraction of sp³-hybridized carbons (Fsp3) is 0.122. The van der Waals surface area contributed by atoms with Crippen LogP contribution in [0.4, 0.5) is 0 Å². The smallest absolute Gasteiger partial charge is 0.132 e. The van der Waals surface area contributed by atoms with Gasteiger partial charge in [0.1, 0.15) is 11.5 Å². The van der Waals surface area contributed by atoms with E-state index in [2.05, 4.69) is 110 Å². The number of benzene rings is 5. The second kappa shape index (κ2) is 9.27. The van der Waals surface area contributed by atoms with E-state index < -0.39 is 0 Å². The lowest BCUT2D eigenvalue weighted by Gasteiger charge is -2.38. The molecule has 0 saturated carbocycles. The van der Waals surface area contributed by atoms with E-state index in [1.165, 1.54) is 38.6 Å². The molecule has 208 valence electrons. The third kappa shape index (κ3) is 3.58. The van der Waals surface area contributed by atoms with Crippen LogP contribution in [-0.2, 0) is 18.3 Å². The highest BCUT2D eigenvalue weighted by Crippen LogP contribution is 2.56. The summed E-state index contributed by atoms with van der Waals surface area (Å²) in [4.78, 5) is 5.52. The van der Waals surface area contributed by atoms with Gasteiger partial charge in [-0.1, -0.05) is 79.7 Å². The molecule has 1 unspecified atom stereocenters. The van der Waals surface area contributed by atoms with E-state index in [9.17, 15) is 5.26 Å². The van der Waals surface area contributed by atoms with Gasteiger partial charge in [0.15, 0.2) is 0 Å². The molecular weight excluding hydrogens is 536 g/mol. The summed E-state index contributed by atoms with van der Waals surface area (Å²) in [6.07, 6.45) is 7.21. The van der Waals surface area contributed by atoms with Crippen LogP contribution in [-0.4, -0.2) is 4.98 Å². The summed E-state index contributed by atoms with van der Waals surface area (Å²) in [5.41, 5.74) is 13.0. The van der Waals surface area contributed by atoms with Gasteiger partial charge in [-0.15, -0.1) is 0 Å². The number of nitrogens with zero attached hydrogens (tertiary/aromatic N) is 2. The number of hydrogen-bond acceptors (Lipinski definition) is 3. The summed E-state index contributed by atoms with van der Waals surface area (Å²) in [6, 6.07) is 38.7. The Morgan fingerprint density at radius 1 is 0.818 bits per heavy atom. The first kappa shape index (κ1) is 25.1. The molecule has 3 nitrogen and oxygen atoms in total. The van der Waals surface area contributed by atoms with Crippen molar-refractivity contribution in [3.8, 4) is 51.2 Å². The van der Waals surface area contributed by atoms with Gasteiger partial charge in [-0.25, -0.2) is 4.98 Å². The van der Waals surface area contributed by atoms with Gasteiger partial charge in [0.05, 0.1) is 23.0 Å². The van der Waals surface area contributed by atoms with E-state index in [1.807, 2.05) is 18.2 Å². The zero-order valence-corrected chi connectivity index (χ0v) is 24.4. The Kier molecular flexibility index (Phi) is 5.28. The maximum absolute atomic E-state index is 9.76. The molecule has 0 spiro atoms. The minimum atomic E-state index is -0.338. The molecule has 0 amide bonds. The highest BCUT2D eigenvalue weighted by atomic mass is 16.5. The molecule has 9 rings (SSSR count). The predicted molar refractivity (Wildman–Crippen MR) is 177 cm³/mol. The summed E-state index contributed by atoms with van der Waals surface area (Å²) in [6.45, 7) is 2.31. The van der Waals surface area contributed by atoms with E-state index in [4.69, 9.17) is 9.72 Å². The number of ether oxygens (including phenoxy) is 1. The van der Waals surface area contributed by atoms with Gasteiger partial charge in [0.2, 0.25) is 0 Å². The van der Waals surface area contributed by atoms with Crippen molar-refractivity contribution >= 4 is 16.8 Å². The molecule has 2 aliphatic carbocycles. The quantitative estimate of drug-likeness (QED) is 0.210. The molecule has 0 N–H and O–H groups in total. The lowest BCUT2D eigenvalue weighted by atomic mass is 9.70. The van der Waals surface area contributed by atoms with Crippen LogP contribution in [0.1, 0.15) is 46.7 Å². The van der Waals surface area contributed by atoms with Crippen molar-refractivity contribution in [2.75, 3.05) is 0 Å². The fourth-order valence-electron chi connectivity index (χ4n) is 7.76. The Labute approximate surface area is 256 Å². The molecule has 5 aromatic carbocycles. The van der Waals surface area contributed by atoms with Crippen LogP contribution in [0.15, 0.2) is 109 Å². The van der Waals surface area contributed by atoms with Crippen LogP contribution < -0.4 is 4.74 Å². The Morgan fingerprint density at radius 2 is 1.70 bits per heavy atom. The Bertz CT molecular complexity index is 2260. The minimum Gasteiger partial charge on any atom is -0.457 e. The van der Waals surface area contributed by atoms with E-state index in [0.29, 0.717) is 5.56 Å². The van der Waals surface area contributed by atoms with Crippen LogP contribution in [0.25, 0.3) is 50.5 Å². The second-order valence-corrected chi connectivity index (χ2v) is 12.4. The largest absolute Gasteiger partial charge is 0.457 e. The van der Waals surface area contributed by atoms with E-state index in [1.54, 1.807) is 0 Å². The Morgan fingerprint density at radius 3 is 2.59 bits per heavy atom. The lowest BCUT2D eigenvalue weighted by molar-refractivity contribution is 0.395. The molecule has 3 heteroatoms. The molecule has 0 saturated heterocycles. The third-order valence-corrected chi connectivity index (χ3v) is 9.86. The zero-order valence-electron chi connectivity index (χ0n) is 24.4. The van der Waals surface area contributed by atoms with Crippen molar-refractivity contribution in [1.82, 2.24) is 4.98 Å². The van der Waals surface area contributed by atoms with E-state index in [0.717, 1.165) is 64.4 Å². The van der Waals surface area contributed by atoms with E-state index in [-0.39, 0.29) is 5.41 Å². The van der Waals surface area contributed by atoms with Crippen molar-refractivity contribution in [2.45, 2.75) is 31.6 Å². The summed E-state index contributed by atoms with van der Waals surface area (Å²) in [5.74, 6) is 1.70. The number of pyridine rings is 1. The molecule has 0 radical (unpaired) electrons. The van der Waals surface area contributed by atoms with Crippen molar-refractivity contribution in [1.29, 1.82) is 5.26 Å². The normalized spacial score (nSPS) is 17.1. The van der Waals surface area contributed by atoms with Gasteiger partial charge in [0.25, 0.3) is 0 Å². The third-order valence-electron chi connectivity index (χ3n) is 9.86. The first-order valence-electron chi connectivity index (χ1n) is 15.3. The molecule has 6 aromatic rings. The number of fused-ring (bicyclic) bond motifs is 4. The average molecular weight is 565 g/mol. The van der Waals surface area contributed by atoms with Crippen molar-refractivity contribution < 1.29 is 4.74 Å². The zero-order chi connectivity index (χ0) is 29.4. The maximum Gasteiger partial charge on any atom is 0.132 e. The van der Waals surface area contributed by atoms with Gasteiger partial charge < -0.3 is 4.74 Å². The van der Waals surface area contributed by atoms with Crippen LogP contribution in [0, 0.1) is 11.3 Å².